The van der Waals surface area contributed by atoms with Gasteiger partial charge in [0.1, 0.15) is 0 Å². The van der Waals surface area contributed by atoms with Crippen molar-refractivity contribution in [3.8, 4) is 11.5 Å². The number of nitrogens with one attached hydrogen (secondary N) is 1. The molecule has 0 saturated heterocycles. The quantitative estimate of drug-likeness (QED) is 0.904. The van der Waals surface area contributed by atoms with Crippen molar-refractivity contribution in [2.75, 3.05) is 7.11 Å². The van der Waals surface area contributed by atoms with Crippen LogP contribution in [0.3, 0.4) is 0 Å². The molecule has 2 aromatic carbocycles. The molecule has 0 aromatic heterocycles. The number of hydrogen-bond acceptors (Lipinski definition) is 4. The van der Waals surface area contributed by atoms with Gasteiger partial charge in [0.15, 0.2) is 23.4 Å². The van der Waals surface area contributed by atoms with Gasteiger partial charge in [-0.15, -0.1) is 0 Å². The molecule has 140 valence electrons. The van der Waals surface area contributed by atoms with Gasteiger partial charge in [0.05, 0.1) is 7.11 Å². The smallest absolute Gasteiger partial charge is 0.174 e. The number of carbonyl (C=O) groups excluding carboxylic acids is 1. The molecule has 0 amide bonds. The number of benzene rings is 2. The number of rotatable bonds is 4. The maximum absolute atomic E-state index is 12.7. The standard InChI is InChI=1S/C23H25NO3/c1-23-16-9-10-18(25)22(23)27-21-19(26-2)11-8-15(20(21)23)12-17(16)24-13-14-6-4-3-5-7-14/h3-8,11,16-17,22,24H,9-10,12-13H2,1-2H3/t16-,17+,22-,23?/m1/s1. The minimum absolute atomic E-state index is 0.224. The van der Waals surface area contributed by atoms with Gasteiger partial charge < -0.3 is 14.8 Å². The minimum atomic E-state index is -0.386. The summed E-state index contributed by atoms with van der Waals surface area (Å²) in [4.78, 5) is 12.7. The molecule has 2 aliphatic carbocycles. The van der Waals surface area contributed by atoms with Crippen LogP contribution < -0.4 is 14.8 Å². The summed E-state index contributed by atoms with van der Waals surface area (Å²) in [5, 5.41) is 3.79. The lowest BCUT2D eigenvalue weighted by atomic mass is 9.56. The summed E-state index contributed by atoms with van der Waals surface area (Å²) in [6.45, 7) is 3.07. The van der Waals surface area contributed by atoms with Gasteiger partial charge in [-0.2, -0.15) is 0 Å². The zero-order valence-corrected chi connectivity index (χ0v) is 15.8. The van der Waals surface area contributed by atoms with Gasteiger partial charge in [-0.1, -0.05) is 43.3 Å². The Morgan fingerprint density at radius 1 is 1.22 bits per heavy atom. The zero-order valence-electron chi connectivity index (χ0n) is 15.8. The molecule has 1 N–H and O–H groups in total. The molecule has 4 nitrogen and oxygen atoms in total. The van der Waals surface area contributed by atoms with Crippen molar-refractivity contribution in [2.45, 2.75) is 50.3 Å². The SMILES string of the molecule is COc1ccc2c3c1O[C@@H]1C(=O)CC[C@H]([C@@H](NCc4ccccc4)C2)C31C. The van der Waals surface area contributed by atoms with Gasteiger partial charge in [0.25, 0.3) is 0 Å². The molecule has 1 saturated carbocycles. The van der Waals surface area contributed by atoms with Crippen LogP contribution in [-0.4, -0.2) is 25.0 Å². The Balaban J connectivity index is 1.54. The van der Waals surface area contributed by atoms with Crippen molar-refractivity contribution in [3.63, 3.8) is 0 Å². The number of Topliss-reactive ketones (excluding diaryl/α,β-unsaturated/α-hetero) is 1. The highest BCUT2D eigenvalue weighted by Crippen LogP contribution is 2.59. The highest BCUT2D eigenvalue weighted by molar-refractivity contribution is 5.89. The first-order valence-electron chi connectivity index (χ1n) is 9.80. The summed E-state index contributed by atoms with van der Waals surface area (Å²) in [5.41, 5.74) is 3.51. The van der Waals surface area contributed by atoms with E-state index in [2.05, 4.69) is 42.6 Å². The fraction of sp³-hybridized carbons (Fsp3) is 0.435. The molecular weight excluding hydrogens is 338 g/mol. The van der Waals surface area contributed by atoms with E-state index in [0.717, 1.165) is 30.9 Å². The molecule has 4 atom stereocenters. The molecule has 0 spiro atoms. The molecule has 3 aliphatic rings. The molecule has 0 bridgehead atoms. The van der Waals surface area contributed by atoms with E-state index in [-0.39, 0.29) is 17.3 Å². The van der Waals surface area contributed by atoms with Gasteiger partial charge >= 0.3 is 0 Å². The van der Waals surface area contributed by atoms with Gasteiger partial charge in [-0.3, -0.25) is 4.79 Å². The van der Waals surface area contributed by atoms with Crippen LogP contribution in [0, 0.1) is 5.92 Å². The van der Waals surface area contributed by atoms with E-state index in [1.165, 1.54) is 16.7 Å². The van der Waals surface area contributed by atoms with Gasteiger partial charge in [0.2, 0.25) is 0 Å². The lowest BCUT2D eigenvalue weighted by Crippen LogP contribution is -2.59. The van der Waals surface area contributed by atoms with Crippen LogP contribution in [0.2, 0.25) is 0 Å². The van der Waals surface area contributed by atoms with Gasteiger partial charge in [0, 0.05) is 30.0 Å². The van der Waals surface area contributed by atoms with Crippen LogP contribution in [0.4, 0.5) is 0 Å². The summed E-state index contributed by atoms with van der Waals surface area (Å²) >= 11 is 0. The zero-order chi connectivity index (χ0) is 18.6. The first-order chi connectivity index (χ1) is 13.1. The lowest BCUT2D eigenvalue weighted by molar-refractivity contribution is -0.133. The molecule has 27 heavy (non-hydrogen) atoms. The van der Waals surface area contributed by atoms with Crippen molar-refractivity contribution in [2.24, 2.45) is 5.92 Å². The first-order valence-corrected chi connectivity index (χ1v) is 9.80. The van der Waals surface area contributed by atoms with Gasteiger partial charge in [-0.05, 0) is 36.0 Å². The fourth-order valence-electron chi connectivity index (χ4n) is 5.58. The van der Waals surface area contributed by atoms with Crippen LogP contribution in [0.1, 0.15) is 36.5 Å². The normalized spacial score (nSPS) is 30.6. The summed E-state index contributed by atoms with van der Waals surface area (Å²) in [6, 6.07) is 15.0. The number of carbonyl (C=O) groups is 1. The van der Waals surface area contributed by atoms with Gasteiger partial charge in [-0.25, -0.2) is 0 Å². The topological polar surface area (TPSA) is 47.6 Å². The third kappa shape index (κ3) is 2.36. The van der Waals surface area contributed by atoms with Crippen molar-refractivity contribution in [1.29, 1.82) is 0 Å². The molecule has 5 rings (SSSR count). The van der Waals surface area contributed by atoms with Crippen molar-refractivity contribution < 1.29 is 14.3 Å². The lowest BCUT2D eigenvalue weighted by Gasteiger charge is -2.49. The second kappa shape index (κ2) is 6.10. The predicted molar refractivity (Wildman–Crippen MR) is 103 cm³/mol. The third-order valence-electron chi connectivity index (χ3n) is 6.85. The average Bonchev–Trinajstić information content (AvgIpc) is 3.02. The van der Waals surface area contributed by atoms with E-state index in [4.69, 9.17) is 9.47 Å². The Hall–Kier alpha value is -2.33. The van der Waals surface area contributed by atoms with Crippen molar-refractivity contribution >= 4 is 5.78 Å². The Labute approximate surface area is 159 Å². The molecule has 1 heterocycles. The number of methoxy groups -OCH3 is 1. The van der Waals surface area contributed by atoms with Crippen molar-refractivity contribution in [3.05, 3.63) is 59.2 Å². The van der Waals surface area contributed by atoms with E-state index >= 15 is 0 Å². The second-order valence-electron chi connectivity index (χ2n) is 8.20. The van der Waals surface area contributed by atoms with E-state index in [1.807, 2.05) is 12.1 Å². The first kappa shape index (κ1) is 16.8. The number of ether oxygens (including phenoxy) is 2. The summed E-state index contributed by atoms with van der Waals surface area (Å²) in [7, 11) is 1.66. The molecule has 1 aliphatic heterocycles. The number of ketones is 1. The molecular formula is C23H25NO3. The monoisotopic (exact) mass is 363 g/mol. The molecule has 1 fully saturated rings. The third-order valence-corrected chi connectivity index (χ3v) is 6.85. The summed E-state index contributed by atoms with van der Waals surface area (Å²) < 4.78 is 11.8. The minimum Gasteiger partial charge on any atom is -0.493 e. The maximum atomic E-state index is 12.7. The molecule has 1 unspecified atom stereocenters. The predicted octanol–water partition coefficient (Wildman–Crippen LogP) is 3.41. The Kier molecular flexibility index (Phi) is 3.80. The van der Waals surface area contributed by atoms with Crippen LogP contribution >= 0.6 is 0 Å². The Morgan fingerprint density at radius 2 is 2.04 bits per heavy atom. The van der Waals surface area contributed by atoms with Crippen LogP contribution in [0.15, 0.2) is 42.5 Å². The van der Waals surface area contributed by atoms with E-state index < -0.39 is 0 Å². The average molecular weight is 363 g/mol. The summed E-state index contributed by atoms with van der Waals surface area (Å²) in [6.07, 6.45) is 2.09. The van der Waals surface area contributed by atoms with E-state index in [1.54, 1.807) is 7.11 Å². The van der Waals surface area contributed by atoms with E-state index in [0.29, 0.717) is 18.4 Å². The maximum Gasteiger partial charge on any atom is 0.174 e. The highest BCUT2D eigenvalue weighted by Gasteiger charge is 2.61. The summed E-state index contributed by atoms with van der Waals surface area (Å²) in [5.74, 6) is 2.14. The van der Waals surface area contributed by atoms with Crippen LogP contribution in [-0.2, 0) is 23.2 Å². The molecule has 4 heteroatoms. The van der Waals surface area contributed by atoms with Crippen LogP contribution in [0.25, 0.3) is 0 Å². The van der Waals surface area contributed by atoms with Crippen molar-refractivity contribution in [1.82, 2.24) is 5.32 Å². The number of hydrogen-bond donors (Lipinski definition) is 1. The largest absolute Gasteiger partial charge is 0.493 e. The fourth-order valence-corrected chi connectivity index (χ4v) is 5.58. The molecule has 0 radical (unpaired) electrons. The molecule has 2 aromatic rings. The highest BCUT2D eigenvalue weighted by atomic mass is 16.5. The van der Waals surface area contributed by atoms with E-state index in [9.17, 15) is 4.79 Å². The Bertz CT molecular complexity index is 894. The van der Waals surface area contributed by atoms with Crippen LogP contribution in [0.5, 0.6) is 11.5 Å². The Morgan fingerprint density at radius 3 is 2.81 bits per heavy atom. The second-order valence-corrected chi connectivity index (χ2v) is 8.20.